The lowest BCUT2D eigenvalue weighted by Gasteiger charge is -1.90. The fourth-order valence-corrected chi connectivity index (χ4v) is 0.718. The Bertz CT molecular complexity index is 80.0. The molecule has 0 aromatic heterocycles. The highest BCUT2D eigenvalue weighted by Crippen LogP contribution is 2.00. The van der Waals surface area contributed by atoms with Gasteiger partial charge in [-0.2, -0.15) is 0 Å². The van der Waals surface area contributed by atoms with E-state index in [1.807, 2.05) is 6.08 Å². The molecule has 52 valence electrons. The molecule has 0 aliphatic heterocycles. The van der Waals surface area contributed by atoms with Gasteiger partial charge >= 0.3 is 0 Å². The molecule has 0 heteroatoms. The van der Waals surface area contributed by atoms with Crippen molar-refractivity contribution in [2.75, 3.05) is 0 Å². The van der Waals surface area contributed by atoms with Gasteiger partial charge in [0.05, 0.1) is 0 Å². The third kappa shape index (κ3) is 7.48. The summed E-state index contributed by atoms with van der Waals surface area (Å²) in [6.07, 6.45) is 11.3. The third-order valence-corrected chi connectivity index (χ3v) is 1.26. The summed E-state index contributed by atoms with van der Waals surface area (Å²) < 4.78 is 0. The van der Waals surface area contributed by atoms with Crippen molar-refractivity contribution in [3.05, 3.63) is 24.8 Å². The largest absolute Gasteiger partial charge is 0.103 e. The fourth-order valence-electron chi connectivity index (χ4n) is 0.718. The lowest BCUT2D eigenvalue weighted by molar-refractivity contribution is 0.762. The minimum Gasteiger partial charge on any atom is -0.103 e. The molecule has 0 aromatic rings. The van der Waals surface area contributed by atoms with Gasteiger partial charge in [-0.1, -0.05) is 18.2 Å². The molecule has 0 atom stereocenters. The summed E-state index contributed by atoms with van der Waals surface area (Å²) in [5.41, 5.74) is 0. The molecule has 0 aromatic carbocycles. The molecule has 0 amide bonds. The van der Waals surface area contributed by atoms with E-state index in [9.17, 15) is 0 Å². The minimum absolute atomic E-state index is 1.16. The van der Waals surface area contributed by atoms with E-state index in [0.717, 1.165) is 6.42 Å². The lowest BCUT2D eigenvalue weighted by Crippen LogP contribution is -1.70. The predicted octanol–water partition coefficient (Wildman–Crippen LogP) is 3.31. The van der Waals surface area contributed by atoms with Crippen molar-refractivity contribution < 1.29 is 0 Å². The first-order valence-electron chi connectivity index (χ1n) is 3.64. The monoisotopic (exact) mass is 124 g/mol. The minimum atomic E-state index is 1.16. The van der Waals surface area contributed by atoms with Crippen LogP contribution >= 0.6 is 0 Å². The Labute approximate surface area is 58.3 Å². The highest BCUT2D eigenvalue weighted by atomic mass is 13.9. The normalized spacial score (nSPS) is 10.3. The molecular formula is C9H16. The van der Waals surface area contributed by atoms with Crippen molar-refractivity contribution in [3.8, 4) is 0 Å². The molecule has 0 N–H and O–H groups in total. The number of hydrogen-bond donors (Lipinski definition) is 0. The van der Waals surface area contributed by atoms with Crippen LogP contribution in [0.5, 0.6) is 0 Å². The molecule has 0 saturated heterocycles. The average Bonchev–Trinajstić information content (AvgIpc) is 1.89. The van der Waals surface area contributed by atoms with Gasteiger partial charge in [0.2, 0.25) is 0 Å². The van der Waals surface area contributed by atoms with Crippen molar-refractivity contribution >= 4 is 0 Å². The quantitative estimate of drug-likeness (QED) is 0.389. The third-order valence-electron chi connectivity index (χ3n) is 1.26. The van der Waals surface area contributed by atoms with Crippen LogP contribution in [0.4, 0.5) is 0 Å². The molecule has 0 saturated carbocycles. The second kappa shape index (κ2) is 7.48. The summed E-state index contributed by atoms with van der Waals surface area (Å²) in [4.78, 5) is 0. The maximum Gasteiger partial charge on any atom is -0.0351 e. The van der Waals surface area contributed by atoms with Gasteiger partial charge in [0.25, 0.3) is 0 Å². The van der Waals surface area contributed by atoms with Crippen LogP contribution in [0.2, 0.25) is 0 Å². The number of rotatable bonds is 5. The van der Waals surface area contributed by atoms with E-state index in [-0.39, 0.29) is 0 Å². The SMILES string of the molecule is C=CCCCCC=CC. The van der Waals surface area contributed by atoms with Crippen molar-refractivity contribution in [2.24, 2.45) is 0 Å². The predicted molar refractivity (Wildman–Crippen MR) is 43.5 cm³/mol. The summed E-state index contributed by atoms with van der Waals surface area (Å²) in [5.74, 6) is 0. The Hall–Kier alpha value is -0.520. The van der Waals surface area contributed by atoms with Crippen LogP contribution in [0, 0.1) is 0 Å². The molecule has 0 rings (SSSR count). The molecule has 0 aliphatic carbocycles. The number of unbranched alkanes of at least 4 members (excludes halogenated alkanes) is 3. The van der Waals surface area contributed by atoms with Crippen LogP contribution in [-0.4, -0.2) is 0 Å². The van der Waals surface area contributed by atoms with Crippen molar-refractivity contribution in [3.63, 3.8) is 0 Å². The van der Waals surface area contributed by atoms with Crippen LogP contribution in [-0.2, 0) is 0 Å². The first-order chi connectivity index (χ1) is 4.41. The topological polar surface area (TPSA) is 0 Å². The maximum atomic E-state index is 3.66. The molecule has 0 nitrogen and oxygen atoms in total. The molecule has 9 heavy (non-hydrogen) atoms. The maximum absolute atomic E-state index is 3.66. The van der Waals surface area contributed by atoms with E-state index in [2.05, 4.69) is 25.7 Å². The van der Waals surface area contributed by atoms with Gasteiger partial charge in [0, 0.05) is 0 Å². The first-order valence-corrected chi connectivity index (χ1v) is 3.64. The number of hydrogen-bond acceptors (Lipinski definition) is 0. The molecule has 0 fully saturated rings. The van der Waals surface area contributed by atoms with E-state index in [1.54, 1.807) is 0 Å². The zero-order valence-electron chi connectivity index (χ0n) is 6.27. The summed E-state index contributed by atoms with van der Waals surface area (Å²) in [6.45, 7) is 5.72. The molecule has 0 unspecified atom stereocenters. The smallest absolute Gasteiger partial charge is 0.0351 e. The summed E-state index contributed by atoms with van der Waals surface area (Å²) >= 11 is 0. The summed E-state index contributed by atoms with van der Waals surface area (Å²) in [6, 6.07) is 0. The van der Waals surface area contributed by atoms with Gasteiger partial charge < -0.3 is 0 Å². The standard InChI is InChI=1S/C9H16/c1-3-5-7-9-8-6-4-2/h3-4,6H,1,5,7-9H2,2H3. The van der Waals surface area contributed by atoms with Crippen LogP contribution in [0.1, 0.15) is 32.6 Å². The van der Waals surface area contributed by atoms with Crippen LogP contribution in [0.3, 0.4) is 0 Å². The molecule has 0 aliphatic rings. The highest BCUT2D eigenvalue weighted by molar-refractivity contribution is 4.77. The first kappa shape index (κ1) is 8.48. The van der Waals surface area contributed by atoms with Crippen LogP contribution in [0.25, 0.3) is 0 Å². The molecule has 0 heterocycles. The van der Waals surface area contributed by atoms with Gasteiger partial charge in [-0.15, -0.1) is 6.58 Å². The Morgan fingerprint density at radius 1 is 1.22 bits per heavy atom. The van der Waals surface area contributed by atoms with E-state index >= 15 is 0 Å². The van der Waals surface area contributed by atoms with E-state index in [0.29, 0.717) is 0 Å². The highest BCUT2D eigenvalue weighted by Gasteiger charge is 1.80. The second-order valence-corrected chi connectivity index (χ2v) is 2.14. The molecule has 0 radical (unpaired) electrons. The van der Waals surface area contributed by atoms with Gasteiger partial charge in [0.1, 0.15) is 0 Å². The average molecular weight is 124 g/mol. The van der Waals surface area contributed by atoms with Crippen molar-refractivity contribution in [1.82, 2.24) is 0 Å². The van der Waals surface area contributed by atoms with Crippen molar-refractivity contribution in [2.45, 2.75) is 32.6 Å². The fraction of sp³-hybridized carbons (Fsp3) is 0.556. The van der Waals surface area contributed by atoms with Crippen LogP contribution < -0.4 is 0 Å². The zero-order chi connectivity index (χ0) is 6.95. The lowest BCUT2D eigenvalue weighted by atomic mass is 10.2. The Balaban J connectivity index is 2.82. The summed E-state index contributed by atoms with van der Waals surface area (Å²) in [5, 5.41) is 0. The van der Waals surface area contributed by atoms with Gasteiger partial charge in [-0.05, 0) is 32.6 Å². The van der Waals surface area contributed by atoms with Crippen molar-refractivity contribution in [1.29, 1.82) is 0 Å². The number of allylic oxidation sites excluding steroid dienone is 3. The Morgan fingerprint density at radius 2 is 1.89 bits per heavy atom. The molecular weight excluding hydrogens is 108 g/mol. The Morgan fingerprint density at radius 3 is 2.44 bits per heavy atom. The Kier molecular flexibility index (Phi) is 7.05. The van der Waals surface area contributed by atoms with Gasteiger partial charge in [-0.3, -0.25) is 0 Å². The van der Waals surface area contributed by atoms with Crippen LogP contribution in [0.15, 0.2) is 24.8 Å². The van der Waals surface area contributed by atoms with E-state index in [4.69, 9.17) is 0 Å². The van der Waals surface area contributed by atoms with E-state index in [1.165, 1.54) is 19.3 Å². The van der Waals surface area contributed by atoms with E-state index < -0.39 is 0 Å². The zero-order valence-corrected chi connectivity index (χ0v) is 6.27. The molecule has 0 bridgehead atoms. The summed E-state index contributed by atoms with van der Waals surface area (Å²) in [7, 11) is 0. The van der Waals surface area contributed by atoms with Gasteiger partial charge in [0.15, 0.2) is 0 Å². The molecule has 0 spiro atoms. The second-order valence-electron chi connectivity index (χ2n) is 2.14. The van der Waals surface area contributed by atoms with Gasteiger partial charge in [-0.25, -0.2) is 0 Å².